The Morgan fingerprint density at radius 3 is 0.676 bits per heavy atom. The monoisotopic (exact) mass is 1540 g/mol. The fraction of sp³-hybridized carbons (Fsp3) is 0.953. The average molecular weight is 1540 g/mol. The van der Waals surface area contributed by atoms with Gasteiger partial charge in [-0.2, -0.15) is 0 Å². The van der Waals surface area contributed by atoms with Gasteiger partial charge < -0.3 is 33.8 Å². The van der Waals surface area contributed by atoms with E-state index in [0.717, 1.165) is 114 Å². The molecule has 0 amide bonds. The molecule has 0 fully saturated rings. The van der Waals surface area contributed by atoms with Crippen LogP contribution in [0.15, 0.2) is 0 Å². The van der Waals surface area contributed by atoms with Crippen LogP contribution in [0.25, 0.3) is 0 Å². The van der Waals surface area contributed by atoms with Crippen molar-refractivity contribution in [1.82, 2.24) is 0 Å². The van der Waals surface area contributed by atoms with Gasteiger partial charge in [0.1, 0.15) is 19.3 Å². The second kappa shape index (κ2) is 74.8. The molecule has 105 heavy (non-hydrogen) atoms. The first-order chi connectivity index (χ1) is 50.7. The van der Waals surface area contributed by atoms with Crippen LogP contribution in [0.5, 0.6) is 0 Å². The van der Waals surface area contributed by atoms with Crippen molar-refractivity contribution in [2.75, 3.05) is 39.6 Å². The van der Waals surface area contributed by atoms with Crippen molar-refractivity contribution in [3.8, 4) is 0 Å². The molecule has 0 radical (unpaired) electrons. The molecule has 0 bridgehead atoms. The summed E-state index contributed by atoms with van der Waals surface area (Å²) in [5, 5.41) is 10.7. The Balaban J connectivity index is 5.25. The number of hydrogen-bond donors (Lipinski definition) is 3. The Kier molecular flexibility index (Phi) is 73.4. The summed E-state index contributed by atoms with van der Waals surface area (Å²) >= 11 is 0. The molecule has 0 spiro atoms. The standard InChI is InChI=1S/C86H168O17P2/c1-9-78(7)64-56-48-40-32-23-19-15-13-11-12-14-16-20-25-36-44-52-60-68-85(90)102-81(72-96-83(88)66-58-50-42-34-24-21-17-18-22-30-38-46-54-62-76(3)4)74-100-104(92,93)98-70-80(87)71-99-105(94,95)101-75-82(73-97-84(89)67-59-51-43-35-28-26-31-39-47-55-63-77(5)6)103-86(91)69-61-53-45-37-29-27-33-41-49-57-65-79(8)10-2/h76-82,87H,9-75H2,1-8H3,(H,92,93)(H,94,95)/t78?,79?,80-,81-,82-/m1/s1. The topological polar surface area (TPSA) is 237 Å². The molecule has 0 aromatic heterocycles. The molecule has 0 aliphatic carbocycles. The maximum atomic E-state index is 13.1. The van der Waals surface area contributed by atoms with E-state index >= 15 is 0 Å². The van der Waals surface area contributed by atoms with E-state index in [1.165, 1.54) is 250 Å². The lowest BCUT2D eigenvalue weighted by Crippen LogP contribution is -2.30. The Hall–Kier alpha value is -1.94. The van der Waals surface area contributed by atoms with Crippen LogP contribution in [0.1, 0.15) is 447 Å². The molecule has 0 aliphatic heterocycles. The Bertz CT molecular complexity index is 2050. The van der Waals surface area contributed by atoms with Gasteiger partial charge in [0, 0.05) is 25.7 Å². The number of phosphoric ester groups is 2. The van der Waals surface area contributed by atoms with Crippen LogP contribution >= 0.6 is 15.6 Å². The predicted octanol–water partition coefficient (Wildman–Crippen LogP) is 25.9. The van der Waals surface area contributed by atoms with Gasteiger partial charge in [0.05, 0.1) is 26.4 Å². The second-order valence-electron chi connectivity index (χ2n) is 32.4. The largest absolute Gasteiger partial charge is 0.472 e. The lowest BCUT2D eigenvalue weighted by Gasteiger charge is -2.21. The maximum Gasteiger partial charge on any atom is 0.472 e. The van der Waals surface area contributed by atoms with Crippen LogP contribution in [0.3, 0.4) is 0 Å². The Morgan fingerprint density at radius 1 is 0.267 bits per heavy atom. The number of carbonyl (C=O) groups excluding carboxylic acids is 4. The van der Waals surface area contributed by atoms with Crippen molar-refractivity contribution in [2.24, 2.45) is 23.7 Å². The number of aliphatic hydroxyl groups excluding tert-OH is 1. The van der Waals surface area contributed by atoms with Crippen LogP contribution in [0.4, 0.5) is 0 Å². The predicted molar refractivity (Wildman–Crippen MR) is 432 cm³/mol. The molecule has 3 N–H and O–H groups in total. The van der Waals surface area contributed by atoms with Crippen LogP contribution in [0.2, 0.25) is 0 Å². The summed E-state index contributed by atoms with van der Waals surface area (Å²) in [6.45, 7) is 14.4. The zero-order valence-electron chi connectivity index (χ0n) is 69.4. The van der Waals surface area contributed by atoms with Crippen molar-refractivity contribution in [1.29, 1.82) is 0 Å². The van der Waals surface area contributed by atoms with Crippen molar-refractivity contribution < 1.29 is 80.2 Å². The molecule has 7 atom stereocenters. The first-order valence-corrected chi connectivity index (χ1v) is 47.3. The van der Waals surface area contributed by atoms with Crippen LogP contribution in [0, 0.1) is 23.7 Å². The van der Waals surface area contributed by atoms with E-state index in [4.69, 9.17) is 37.0 Å². The molecule has 0 heterocycles. The molecule has 4 unspecified atom stereocenters. The minimum absolute atomic E-state index is 0.106. The number of esters is 4. The van der Waals surface area contributed by atoms with E-state index in [2.05, 4.69) is 55.4 Å². The van der Waals surface area contributed by atoms with E-state index in [1.807, 2.05) is 0 Å². The quantitative estimate of drug-likeness (QED) is 0.0222. The first kappa shape index (κ1) is 103. The van der Waals surface area contributed by atoms with Crippen molar-refractivity contribution in [3.05, 3.63) is 0 Å². The van der Waals surface area contributed by atoms with E-state index in [-0.39, 0.29) is 25.7 Å². The molecule has 0 aromatic rings. The van der Waals surface area contributed by atoms with Gasteiger partial charge in [0.25, 0.3) is 0 Å². The van der Waals surface area contributed by atoms with Crippen molar-refractivity contribution >= 4 is 39.5 Å². The van der Waals surface area contributed by atoms with Crippen LogP contribution in [-0.4, -0.2) is 96.7 Å². The van der Waals surface area contributed by atoms with Gasteiger partial charge in [-0.1, -0.05) is 396 Å². The van der Waals surface area contributed by atoms with Gasteiger partial charge in [-0.3, -0.25) is 37.3 Å². The summed E-state index contributed by atoms with van der Waals surface area (Å²) in [7, 11) is -9.93. The second-order valence-corrected chi connectivity index (χ2v) is 35.3. The van der Waals surface area contributed by atoms with Crippen molar-refractivity contribution in [2.45, 2.75) is 465 Å². The molecule has 0 saturated carbocycles. The third kappa shape index (κ3) is 77.2. The molecule has 0 aliphatic rings. The summed E-state index contributed by atoms with van der Waals surface area (Å²) < 4.78 is 68.9. The molecule has 17 nitrogen and oxygen atoms in total. The number of hydrogen-bond acceptors (Lipinski definition) is 15. The molecule has 624 valence electrons. The minimum Gasteiger partial charge on any atom is -0.462 e. The summed E-state index contributed by atoms with van der Waals surface area (Å²) in [5.74, 6) is 1.12. The highest BCUT2D eigenvalue weighted by atomic mass is 31.2. The fourth-order valence-corrected chi connectivity index (χ4v) is 14.8. The first-order valence-electron chi connectivity index (χ1n) is 44.3. The van der Waals surface area contributed by atoms with Gasteiger partial charge in [0.2, 0.25) is 0 Å². The molecular formula is C86H168O17P2. The van der Waals surface area contributed by atoms with Crippen molar-refractivity contribution in [3.63, 3.8) is 0 Å². The Labute approximate surface area is 645 Å². The highest BCUT2D eigenvalue weighted by Crippen LogP contribution is 2.45. The highest BCUT2D eigenvalue weighted by molar-refractivity contribution is 7.47. The van der Waals surface area contributed by atoms with Gasteiger partial charge >= 0.3 is 39.5 Å². The van der Waals surface area contributed by atoms with E-state index in [0.29, 0.717) is 25.7 Å². The lowest BCUT2D eigenvalue weighted by molar-refractivity contribution is -0.161. The number of ether oxygens (including phenoxy) is 4. The minimum atomic E-state index is -4.97. The van der Waals surface area contributed by atoms with E-state index in [1.54, 1.807) is 0 Å². The highest BCUT2D eigenvalue weighted by Gasteiger charge is 2.31. The summed E-state index contributed by atoms with van der Waals surface area (Å²) in [4.78, 5) is 73.2. The molecule has 0 saturated heterocycles. The van der Waals surface area contributed by atoms with Gasteiger partial charge in [-0.15, -0.1) is 0 Å². The number of carbonyl (C=O) groups is 4. The average Bonchev–Trinajstić information content (AvgIpc) is 0.902. The van der Waals surface area contributed by atoms with E-state index in [9.17, 15) is 43.2 Å². The van der Waals surface area contributed by atoms with Gasteiger partial charge in [-0.05, 0) is 49.4 Å². The normalized spacial score (nSPS) is 14.4. The molecule has 0 rings (SSSR count). The zero-order chi connectivity index (χ0) is 77.4. The van der Waals surface area contributed by atoms with Gasteiger partial charge in [0.15, 0.2) is 12.2 Å². The SMILES string of the molecule is CCC(C)CCCCCCCCCCCCCCCCCCCCC(=O)O[C@H](COC(=O)CCCCCCCCCCCCCCCC(C)C)COP(=O)(O)OC[C@@H](O)COP(=O)(O)OC[C@@H](COC(=O)CCCCCCCCCCCCC(C)C)OC(=O)CCCCCCCCCCCCC(C)CC. The molecular weight excluding hydrogens is 1370 g/mol. The number of unbranched alkanes of at least 4 members (excludes halogenated alkanes) is 47. The van der Waals surface area contributed by atoms with Gasteiger partial charge in [-0.25, -0.2) is 9.13 Å². The third-order valence-corrected chi connectivity index (χ3v) is 22.7. The Morgan fingerprint density at radius 2 is 0.457 bits per heavy atom. The number of aliphatic hydroxyl groups is 1. The third-order valence-electron chi connectivity index (χ3n) is 20.8. The fourth-order valence-electron chi connectivity index (χ4n) is 13.3. The molecule has 0 aromatic carbocycles. The maximum absolute atomic E-state index is 13.1. The summed E-state index contributed by atoms with van der Waals surface area (Å²) in [5.41, 5.74) is 0. The summed E-state index contributed by atoms with van der Waals surface area (Å²) in [6.07, 6.45) is 63.7. The smallest absolute Gasteiger partial charge is 0.462 e. The van der Waals surface area contributed by atoms with Crippen LogP contribution in [-0.2, 0) is 65.4 Å². The number of rotatable bonds is 83. The zero-order valence-corrected chi connectivity index (χ0v) is 71.2. The number of phosphoric acid groups is 2. The summed E-state index contributed by atoms with van der Waals surface area (Å²) in [6, 6.07) is 0. The van der Waals surface area contributed by atoms with Crippen LogP contribution < -0.4 is 0 Å². The lowest BCUT2D eigenvalue weighted by atomic mass is 9.99. The molecule has 19 heteroatoms. The van der Waals surface area contributed by atoms with E-state index < -0.39 is 97.5 Å².